The van der Waals surface area contributed by atoms with Crippen molar-refractivity contribution in [1.29, 1.82) is 0 Å². The summed E-state index contributed by atoms with van der Waals surface area (Å²) in [6.07, 6.45) is 9.38. The Morgan fingerprint density at radius 3 is 2.42 bits per heavy atom. The van der Waals surface area contributed by atoms with Gasteiger partial charge in [0.15, 0.2) is 0 Å². The van der Waals surface area contributed by atoms with Crippen molar-refractivity contribution in [1.82, 2.24) is 0 Å². The molecule has 2 heteroatoms. The quantitative estimate of drug-likeness (QED) is 0.377. The van der Waals surface area contributed by atoms with Gasteiger partial charge in [0, 0.05) is 9.77 Å². The van der Waals surface area contributed by atoms with E-state index in [1.54, 1.807) is 5.57 Å². The van der Waals surface area contributed by atoms with Crippen LogP contribution in [0.4, 0.5) is 0 Å². The molecular formula is C17H26SSi. The molecule has 1 aromatic carbocycles. The molecule has 1 aromatic rings. The summed E-state index contributed by atoms with van der Waals surface area (Å²) >= 11 is 2.10. The Labute approximate surface area is 123 Å². The molecule has 0 bridgehead atoms. The Hall–Kier alpha value is -0.473. The number of thioether (sulfide) groups is 1. The minimum absolute atomic E-state index is 0.744. The van der Waals surface area contributed by atoms with Gasteiger partial charge in [0.25, 0.3) is 0 Å². The smallest absolute Gasteiger partial charge is 0.0643 e. The first-order valence-corrected chi connectivity index (χ1v) is 11.9. The van der Waals surface area contributed by atoms with Crippen molar-refractivity contribution >= 4 is 19.8 Å². The zero-order chi connectivity index (χ0) is 13.7. The molecule has 0 aliphatic heterocycles. The van der Waals surface area contributed by atoms with E-state index >= 15 is 0 Å². The topological polar surface area (TPSA) is 0 Å². The van der Waals surface area contributed by atoms with E-state index in [1.807, 2.05) is 0 Å². The molecule has 1 atom stereocenters. The van der Waals surface area contributed by atoms with Crippen molar-refractivity contribution in [2.45, 2.75) is 61.5 Å². The van der Waals surface area contributed by atoms with E-state index in [1.165, 1.54) is 37.0 Å². The summed E-state index contributed by atoms with van der Waals surface area (Å²) in [6, 6.07) is 10.9. The number of allylic oxidation sites excluding steroid dienone is 1. The fourth-order valence-electron chi connectivity index (χ4n) is 2.72. The van der Waals surface area contributed by atoms with E-state index in [0.29, 0.717) is 0 Å². The molecule has 19 heavy (non-hydrogen) atoms. The summed E-state index contributed by atoms with van der Waals surface area (Å²) in [5.74, 6) is 0. The van der Waals surface area contributed by atoms with E-state index in [-0.39, 0.29) is 0 Å². The molecule has 0 heterocycles. The lowest BCUT2D eigenvalue weighted by Gasteiger charge is -2.31. The predicted octanol–water partition coefficient (Wildman–Crippen LogP) is 5.92. The average Bonchev–Trinajstić information content (AvgIpc) is 2.64. The Balaban J connectivity index is 2.19. The van der Waals surface area contributed by atoms with Gasteiger partial charge in [0.1, 0.15) is 0 Å². The maximum atomic E-state index is 2.56. The lowest BCUT2D eigenvalue weighted by molar-refractivity contribution is 0.709. The van der Waals surface area contributed by atoms with Crippen molar-refractivity contribution in [3.63, 3.8) is 0 Å². The summed E-state index contributed by atoms with van der Waals surface area (Å²) in [4.78, 5) is 2.17. The summed E-state index contributed by atoms with van der Waals surface area (Å²) in [7, 11) is -1.18. The van der Waals surface area contributed by atoms with Gasteiger partial charge >= 0.3 is 0 Å². The van der Waals surface area contributed by atoms with Gasteiger partial charge in [-0.3, -0.25) is 0 Å². The van der Waals surface area contributed by atoms with Crippen LogP contribution >= 0.6 is 11.8 Å². The zero-order valence-corrected chi connectivity index (χ0v) is 14.3. The van der Waals surface area contributed by atoms with E-state index in [2.05, 4.69) is 67.8 Å². The number of benzene rings is 1. The maximum Gasteiger partial charge on any atom is 0.0643 e. The van der Waals surface area contributed by atoms with Gasteiger partial charge in [0.2, 0.25) is 0 Å². The molecular weight excluding hydrogens is 264 g/mol. The first kappa shape index (κ1) is 14.9. The largest absolute Gasteiger partial charge is 0.122 e. The van der Waals surface area contributed by atoms with Crippen LogP contribution in [0.25, 0.3) is 0 Å². The van der Waals surface area contributed by atoms with Crippen molar-refractivity contribution in [3.05, 3.63) is 42.0 Å². The highest BCUT2D eigenvalue weighted by atomic mass is 32.2. The summed E-state index contributed by atoms with van der Waals surface area (Å²) in [5.41, 5.74) is 1.74. The van der Waals surface area contributed by atoms with Crippen LogP contribution in [0, 0.1) is 0 Å². The first-order valence-electron chi connectivity index (χ1n) is 7.48. The normalized spacial score (nSPS) is 18.6. The molecule has 0 aromatic heterocycles. The van der Waals surface area contributed by atoms with E-state index < -0.39 is 8.07 Å². The van der Waals surface area contributed by atoms with Crippen LogP contribution in [0.2, 0.25) is 19.6 Å². The highest BCUT2D eigenvalue weighted by Crippen LogP contribution is 2.37. The Bertz CT molecular complexity index is 417. The van der Waals surface area contributed by atoms with Gasteiger partial charge in [-0.2, -0.15) is 0 Å². The first-order chi connectivity index (χ1) is 9.07. The molecule has 0 N–H and O–H groups in total. The second-order valence-electron chi connectivity index (χ2n) is 6.56. The van der Waals surface area contributed by atoms with Gasteiger partial charge in [-0.25, -0.2) is 0 Å². The van der Waals surface area contributed by atoms with Gasteiger partial charge < -0.3 is 0 Å². The molecule has 104 valence electrons. The molecule has 0 radical (unpaired) electrons. The molecule has 0 fully saturated rings. The third kappa shape index (κ3) is 4.53. The van der Waals surface area contributed by atoms with Gasteiger partial charge in [0.05, 0.1) is 8.07 Å². The van der Waals surface area contributed by atoms with Gasteiger partial charge in [-0.1, -0.05) is 55.9 Å². The SMILES string of the molecule is C[Si](C)(C)C(Sc1ccccc1)C1=CCCCCC1. The highest BCUT2D eigenvalue weighted by molar-refractivity contribution is 8.01. The van der Waals surface area contributed by atoms with Crippen molar-refractivity contribution < 1.29 is 0 Å². The third-order valence-corrected chi connectivity index (χ3v) is 9.20. The van der Waals surface area contributed by atoms with Gasteiger partial charge in [-0.15, -0.1) is 11.8 Å². The van der Waals surface area contributed by atoms with E-state index in [0.717, 1.165) is 4.87 Å². The van der Waals surface area contributed by atoms with Crippen LogP contribution < -0.4 is 0 Å². The Morgan fingerprint density at radius 2 is 1.74 bits per heavy atom. The molecule has 0 nitrogen and oxygen atoms in total. The molecule has 0 saturated carbocycles. The van der Waals surface area contributed by atoms with Crippen LogP contribution in [-0.2, 0) is 0 Å². The summed E-state index contributed by atoms with van der Waals surface area (Å²) in [6.45, 7) is 7.54. The van der Waals surface area contributed by atoms with Crippen LogP contribution in [-0.4, -0.2) is 12.9 Å². The zero-order valence-electron chi connectivity index (χ0n) is 12.5. The van der Waals surface area contributed by atoms with Crippen molar-refractivity contribution in [2.24, 2.45) is 0 Å². The predicted molar refractivity (Wildman–Crippen MR) is 90.6 cm³/mol. The second kappa shape index (κ2) is 6.80. The lowest BCUT2D eigenvalue weighted by Crippen LogP contribution is -2.37. The molecule has 1 aliphatic carbocycles. The van der Waals surface area contributed by atoms with Crippen LogP contribution in [0.3, 0.4) is 0 Å². The van der Waals surface area contributed by atoms with Crippen LogP contribution in [0.15, 0.2) is 46.9 Å². The standard InChI is InChI=1S/C17H26SSi/c1-19(2,3)17(15-11-7-4-5-8-12-15)18-16-13-9-6-10-14-16/h6,9-11,13-14,17H,4-5,7-8,12H2,1-3H3. The average molecular weight is 291 g/mol. The van der Waals surface area contributed by atoms with Gasteiger partial charge in [-0.05, 0) is 37.8 Å². The minimum atomic E-state index is -1.18. The lowest BCUT2D eigenvalue weighted by atomic mass is 10.1. The number of hydrogen-bond acceptors (Lipinski definition) is 1. The van der Waals surface area contributed by atoms with Crippen LogP contribution in [0.1, 0.15) is 32.1 Å². The molecule has 2 rings (SSSR count). The van der Waals surface area contributed by atoms with Crippen molar-refractivity contribution in [2.75, 3.05) is 0 Å². The molecule has 0 spiro atoms. The molecule has 0 amide bonds. The fourth-order valence-corrected chi connectivity index (χ4v) is 6.87. The maximum absolute atomic E-state index is 2.56. The minimum Gasteiger partial charge on any atom is -0.122 e. The number of rotatable bonds is 4. The van der Waals surface area contributed by atoms with Crippen LogP contribution in [0.5, 0.6) is 0 Å². The summed E-state index contributed by atoms with van der Waals surface area (Å²) in [5, 5.41) is 0. The molecule has 0 saturated heterocycles. The highest BCUT2D eigenvalue weighted by Gasteiger charge is 2.30. The monoisotopic (exact) mass is 290 g/mol. The number of hydrogen-bond donors (Lipinski definition) is 0. The Kier molecular flexibility index (Phi) is 5.34. The van der Waals surface area contributed by atoms with E-state index in [9.17, 15) is 0 Å². The second-order valence-corrected chi connectivity index (χ2v) is 13.5. The Morgan fingerprint density at radius 1 is 1.00 bits per heavy atom. The fraction of sp³-hybridized carbons (Fsp3) is 0.529. The third-order valence-electron chi connectivity index (χ3n) is 3.70. The molecule has 1 aliphatic rings. The van der Waals surface area contributed by atoms with E-state index in [4.69, 9.17) is 0 Å². The summed E-state index contributed by atoms with van der Waals surface area (Å²) < 4.78 is 0. The molecule has 1 unspecified atom stereocenters. The van der Waals surface area contributed by atoms with Crippen molar-refractivity contribution in [3.8, 4) is 0 Å².